The van der Waals surface area contributed by atoms with E-state index in [-0.39, 0.29) is 18.1 Å². The van der Waals surface area contributed by atoms with Gasteiger partial charge in [-0.05, 0) is 40.5 Å². The van der Waals surface area contributed by atoms with Gasteiger partial charge in [-0.1, -0.05) is 18.5 Å². The second-order valence-corrected chi connectivity index (χ2v) is 4.72. The van der Waals surface area contributed by atoms with Crippen molar-refractivity contribution in [2.24, 2.45) is 5.92 Å². The van der Waals surface area contributed by atoms with E-state index in [2.05, 4.69) is 15.9 Å². The smallest absolute Gasteiger partial charge is 0.167 e. The molecule has 0 fully saturated rings. The Hall–Kier alpha value is -0.850. The Morgan fingerprint density at radius 1 is 1.62 bits per heavy atom. The van der Waals surface area contributed by atoms with Crippen molar-refractivity contribution in [3.8, 4) is 6.07 Å². The molecule has 0 saturated heterocycles. The summed E-state index contributed by atoms with van der Waals surface area (Å²) in [7, 11) is 0. The van der Waals surface area contributed by atoms with Crippen LogP contribution < -0.4 is 0 Å². The molecule has 0 aliphatic carbocycles. The van der Waals surface area contributed by atoms with Crippen molar-refractivity contribution in [1.82, 2.24) is 0 Å². The third-order valence-corrected chi connectivity index (χ3v) is 3.62. The topological polar surface area (TPSA) is 40.9 Å². The van der Waals surface area contributed by atoms with Crippen molar-refractivity contribution in [2.45, 2.75) is 19.8 Å². The lowest BCUT2D eigenvalue weighted by atomic mass is 9.93. The molecule has 84 valence electrons. The molecule has 0 N–H and O–H groups in total. The zero-order chi connectivity index (χ0) is 12.1. The number of hydrogen-bond donors (Lipinski definition) is 0. The Labute approximate surface area is 108 Å². The van der Waals surface area contributed by atoms with Crippen LogP contribution >= 0.6 is 27.5 Å². The summed E-state index contributed by atoms with van der Waals surface area (Å²) in [5.41, 5.74) is 0.596. The van der Waals surface area contributed by atoms with Gasteiger partial charge in [0.05, 0.1) is 11.1 Å². The molecule has 4 heteroatoms. The van der Waals surface area contributed by atoms with Gasteiger partial charge < -0.3 is 0 Å². The van der Waals surface area contributed by atoms with Gasteiger partial charge in [-0.2, -0.15) is 5.26 Å². The second-order valence-electron chi connectivity index (χ2n) is 3.46. The number of hydrogen-bond acceptors (Lipinski definition) is 2. The molecule has 1 aromatic carbocycles. The minimum absolute atomic E-state index is 0.00131. The lowest BCUT2D eigenvalue weighted by Crippen LogP contribution is -2.13. The van der Waals surface area contributed by atoms with E-state index in [0.717, 1.165) is 0 Å². The van der Waals surface area contributed by atoms with Gasteiger partial charge in [-0.15, -0.1) is 0 Å². The highest BCUT2D eigenvalue weighted by Gasteiger charge is 2.18. The van der Waals surface area contributed by atoms with Gasteiger partial charge in [0.15, 0.2) is 5.78 Å². The van der Waals surface area contributed by atoms with E-state index in [4.69, 9.17) is 16.9 Å². The lowest BCUT2D eigenvalue weighted by molar-refractivity contribution is 0.0918. The fourth-order valence-corrected chi connectivity index (χ4v) is 1.91. The Morgan fingerprint density at radius 3 is 2.81 bits per heavy atom. The van der Waals surface area contributed by atoms with Crippen LogP contribution in [0.1, 0.15) is 30.1 Å². The quantitative estimate of drug-likeness (QED) is 0.781. The molecular formula is C12H11BrClNO. The summed E-state index contributed by atoms with van der Waals surface area (Å²) in [6.07, 6.45) is 0.933. The predicted molar refractivity (Wildman–Crippen MR) is 67.5 cm³/mol. The number of nitrogens with zero attached hydrogens (tertiary/aromatic N) is 1. The Balaban J connectivity index is 2.95. The highest BCUT2D eigenvalue weighted by Crippen LogP contribution is 2.25. The largest absolute Gasteiger partial charge is 0.294 e. The van der Waals surface area contributed by atoms with Gasteiger partial charge in [-0.25, -0.2) is 0 Å². The van der Waals surface area contributed by atoms with E-state index < -0.39 is 0 Å². The maximum Gasteiger partial charge on any atom is 0.167 e. The molecule has 0 saturated carbocycles. The Kier molecular flexibility index (Phi) is 4.98. The zero-order valence-electron chi connectivity index (χ0n) is 8.84. The maximum absolute atomic E-state index is 12.0. The number of nitriles is 1. The molecule has 0 radical (unpaired) electrons. The molecule has 0 aromatic heterocycles. The fourth-order valence-electron chi connectivity index (χ4n) is 1.42. The summed E-state index contributed by atoms with van der Waals surface area (Å²) in [5.74, 6) is -0.223. The zero-order valence-corrected chi connectivity index (χ0v) is 11.2. The SMILES string of the molecule is CCC(CC#N)C(=O)c1ccc(Cl)c(Br)c1. The number of benzene rings is 1. The van der Waals surface area contributed by atoms with Crippen LogP contribution in [-0.2, 0) is 0 Å². The standard InChI is InChI=1S/C12H11BrClNO/c1-2-8(5-6-15)12(16)9-3-4-11(14)10(13)7-9/h3-4,7-8H,2,5H2,1H3. The Bertz CT molecular complexity index is 439. The van der Waals surface area contributed by atoms with Crippen LogP contribution in [0.3, 0.4) is 0 Å². The summed E-state index contributed by atoms with van der Waals surface area (Å²) in [5, 5.41) is 9.20. The maximum atomic E-state index is 12.0. The molecule has 0 amide bonds. The minimum Gasteiger partial charge on any atom is -0.294 e. The predicted octanol–water partition coefficient (Wildman–Crippen LogP) is 4.23. The van der Waals surface area contributed by atoms with Crippen LogP contribution in [0, 0.1) is 17.2 Å². The van der Waals surface area contributed by atoms with Crippen molar-refractivity contribution >= 4 is 33.3 Å². The monoisotopic (exact) mass is 299 g/mol. The van der Waals surface area contributed by atoms with Gasteiger partial charge in [0, 0.05) is 22.4 Å². The van der Waals surface area contributed by atoms with Gasteiger partial charge in [0.2, 0.25) is 0 Å². The molecule has 0 aliphatic rings. The molecule has 2 nitrogen and oxygen atoms in total. The van der Waals surface area contributed by atoms with E-state index in [9.17, 15) is 4.79 Å². The van der Waals surface area contributed by atoms with E-state index in [1.165, 1.54) is 0 Å². The molecule has 1 unspecified atom stereocenters. The van der Waals surface area contributed by atoms with Crippen molar-refractivity contribution in [3.05, 3.63) is 33.3 Å². The van der Waals surface area contributed by atoms with E-state index in [1.54, 1.807) is 18.2 Å². The number of Topliss-reactive ketones (excluding diaryl/α,β-unsaturated/α-hetero) is 1. The summed E-state index contributed by atoms with van der Waals surface area (Å²) < 4.78 is 0.701. The summed E-state index contributed by atoms with van der Waals surface area (Å²) >= 11 is 9.12. The first-order valence-electron chi connectivity index (χ1n) is 4.96. The molecule has 1 rings (SSSR count). The fraction of sp³-hybridized carbons (Fsp3) is 0.333. The first-order valence-corrected chi connectivity index (χ1v) is 6.13. The molecule has 1 aromatic rings. The highest BCUT2D eigenvalue weighted by atomic mass is 79.9. The molecule has 0 spiro atoms. The summed E-state index contributed by atoms with van der Waals surface area (Å²) in [4.78, 5) is 12.0. The van der Waals surface area contributed by atoms with Crippen molar-refractivity contribution in [3.63, 3.8) is 0 Å². The van der Waals surface area contributed by atoms with Gasteiger partial charge >= 0.3 is 0 Å². The molecule has 1 atom stereocenters. The van der Waals surface area contributed by atoms with Gasteiger partial charge in [-0.3, -0.25) is 4.79 Å². The molecule has 0 heterocycles. The number of ketones is 1. The van der Waals surface area contributed by atoms with Gasteiger partial charge in [0.1, 0.15) is 0 Å². The first-order chi connectivity index (χ1) is 7.60. The van der Waals surface area contributed by atoms with E-state index in [1.807, 2.05) is 13.0 Å². The normalized spacial score (nSPS) is 11.9. The van der Waals surface area contributed by atoms with Crippen molar-refractivity contribution in [1.29, 1.82) is 5.26 Å². The average Bonchev–Trinajstić information content (AvgIpc) is 2.28. The third kappa shape index (κ3) is 3.07. The van der Waals surface area contributed by atoms with Crippen LogP contribution in [0.15, 0.2) is 22.7 Å². The van der Waals surface area contributed by atoms with Crippen molar-refractivity contribution in [2.75, 3.05) is 0 Å². The van der Waals surface area contributed by atoms with Crippen LogP contribution in [0.25, 0.3) is 0 Å². The molecule has 0 bridgehead atoms. The molecule has 0 aliphatic heterocycles. The number of carbonyl (C=O) groups is 1. The van der Waals surface area contributed by atoms with E-state index >= 15 is 0 Å². The first kappa shape index (κ1) is 13.2. The van der Waals surface area contributed by atoms with Crippen molar-refractivity contribution < 1.29 is 4.79 Å². The third-order valence-electron chi connectivity index (χ3n) is 2.41. The molecule has 16 heavy (non-hydrogen) atoms. The number of carbonyl (C=O) groups excluding carboxylic acids is 1. The molecular weight excluding hydrogens is 289 g/mol. The average molecular weight is 301 g/mol. The van der Waals surface area contributed by atoms with Gasteiger partial charge in [0.25, 0.3) is 0 Å². The number of rotatable bonds is 4. The minimum atomic E-state index is -0.224. The van der Waals surface area contributed by atoms with E-state index in [0.29, 0.717) is 21.5 Å². The Morgan fingerprint density at radius 2 is 2.31 bits per heavy atom. The lowest BCUT2D eigenvalue weighted by Gasteiger charge is -2.10. The van der Waals surface area contributed by atoms with Crippen LogP contribution in [-0.4, -0.2) is 5.78 Å². The summed E-state index contributed by atoms with van der Waals surface area (Å²) in [6.45, 7) is 1.91. The van der Waals surface area contributed by atoms with Crippen LogP contribution in [0.5, 0.6) is 0 Å². The number of halogens is 2. The van der Waals surface area contributed by atoms with Crippen LogP contribution in [0.4, 0.5) is 0 Å². The highest BCUT2D eigenvalue weighted by molar-refractivity contribution is 9.10. The second kappa shape index (κ2) is 6.03. The van der Waals surface area contributed by atoms with Crippen LogP contribution in [0.2, 0.25) is 5.02 Å². The summed E-state index contributed by atoms with van der Waals surface area (Å²) in [6, 6.07) is 7.10.